The first kappa shape index (κ1) is 19.4. The normalized spacial score (nSPS) is 19.4. The topological polar surface area (TPSA) is 49.4 Å². The summed E-state index contributed by atoms with van der Waals surface area (Å²) in [7, 11) is 1.69. The lowest BCUT2D eigenvalue weighted by Gasteiger charge is -2.19. The molecule has 4 nitrogen and oxygen atoms in total. The molecule has 1 fully saturated rings. The predicted octanol–water partition coefficient (Wildman–Crippen LogP) is 4.16. The van der Waals surface area contributed by atoms with Crippen LogP contribution in [0.25, 0.3) is 0 Å². The van der Waals surface area contributed by atoms with Gasteiger partial charge in [-0.1, -0.05) is 36.7 Å². The van der Waals surface area contributed by atoms with Crippen LogP contribution in [0.4, 0.5) is 10.1 Å². The molecule has 2 aromatic carbocycles. The molecule has 0 aromatic heterocycles. The molecular formula is C21H22ClFN2O2. The van der Waals surface area contributed by atoms with Crippen molar-refractivity contribution in [1.82, 2.24) is 4.90 Å². The minimum atomic E-state index is -0.858. The summed E-state index contributed by atoms with van der Waals surface area (Å²) in [6.07, 6.45) is 0.766. The molecule has 0 spiro atoms. The van der Waals surface area contributed by atoms with Gasteiger partial charge in [0.25, 0.3) is 0 Å². The Bertz CT molecular complexity index is 900. The number of amides is 2. The Morgan fingerprint density at radius 1 is 1.33 bits per heavy atom. The van der Waals surface area contributed by atoms with E-state index in [1.165, 1.54) is 12.1 Å². The molecule has 2 amide bonds. The summed E-state index contributed by atoms with van der Waals surface area (Å²) in [5.41, 5.74) is 2.62. The van der Waals surface area contributed by atoms with E-state index in [0.717, 1.165) is 17.5 Å². The van der Waals surface area contributed by atoms with E-state index in [1.54, 1.807) is 24.9 Å². The molecular weight excluding hydrogens is 367 g/mol. The molecule has 6 heteroatoms. The number of nitrogens with zero attached hydrogens (tertiary/aromatic N) is 1. The van der Waals surface area contributed by atoms with Crippen molar-refractivity contribution in [2.45, 2.75) is 26.2 Å². The van der Waals surface area contributed by atoms with Crippen LogP contribution in [0.3, 0.4) is 0 Å². The molecule has 142 valence electrons. The number of benzene rings is 2. The number of hydrogen-bond donors (Lipinski definition) is 1. The summed E-state index contributed by atoms with van der Waals surface area (Å²) in [6, 6.07) is 10.1. The Hall–Kier alpha value is -2.40. The molecule has 27 heavy (non-hydrogen) atoms. The molecule has 3 rings (SSSR count). The summed E-state index contributed by atoms with van der Waals surface area (Å²) < 4.78 is 13.8. The molecule has 1 aliphatic heterocycles. The third kappa shape index (κ3) is 3.69. The van der Waals surface area contributed by atoms with E-state index >= 15 is 0 Å². The number of likely N-dealkylation sites (N-methyl/N-ethyl adjacent to an activating group) is 1. The van der Waals surface area contributed by atoms with Gasteiger partial charge in [-0.05, 0) is 42.7 Å². The van der Waals surface area contributed by atoms with Crippen molar-refractivity contribution in [3.8, 4) is 0 Å². The molecule has 0 aliphatic carbocycles. The lowest BCUT2D eigenvalue weighted by atomic mass is 9.86. The van der Waals surface area contributed by atoms with E-state index < -0.39 is 17.6 Å². The van der Waals surface area contributed by atoms with Crippen molar-refractivity contribution in [2.24, 2.45) is 5.92 Å². The quantitative estimate of drug-likeness (QED) is 0.799. The Morgan fingerprint density at radius 2 is 2.07 bits per heavy atom. The third-order valence-electron chi connectivity index (χ3n) is 5.20. The zero-order chi connectivity index (χ0) is 19.7. The number of likely N-dealkylation sites (tertiary alicyclic amines) is 1. The minimum absolute atomic E-state index is 0.237. The van der Waals surface area contributed by atoms with Crippen LogP contribution in [0.15, 0.2) is 36.4 Å². The number of hydrogen-bond acceptors (Lipinski definition) is 2. The van der Waals surface area contributed by atoms with Crippen molar-refractivity contribution < 1.29 is 14.0 Å². The van der Waals surface area contributed by atoms with Gasteiger partial charge in [0.15, 0.2) is 0 Å². The minimum Gasteiger partial charge on any atom is -0.344 e. The van der Waals surface area contributed by atoms with E-state index in [0.29, 0.717) is 22.8 Å². The zero-order valence-electron chi connectivity index (χ0n) is 15.6. The fraction of sp³-hybridized carbons (Fsp3) is 0.333. The highest BCUT2D eigenvalue weighted by Gasteiger charge is 2.44. The van der Waals surface area contributed by atoms with Crippen molar-refractivity contribution in [3.63, 3.8) is 0 Å². The molecule has 1 heterocycles. The van der Waals surface area contributed by atoms with Crippen LogP contribution in [0.1, 0.15) is 29.5 Å². The zero-order valence-corrected chi connectivity index (χ0v) is 16.3. The van der Waals surface area contributed by atoms with Crippen molar-refractivity contribution in [1.29, 1.82) is 0 Å². The van der Waals surface area contributed by atoms with E-state index in [-0.39, 0.29) is 11.8 Å². The van der Waals surface area contributed by atoms with Gasteiger partial charge in [0.2, 0.25) is 11.8 Å². The molecule has 1 saturated heterocycles. The van der Waals surface area contributed by atoms with Gasteiger partial charge in [0.05, 0.1) is 0 Å². The Balaban J connectivity index is 1.92. The molecule has 0 saturated carbocycles. The maximum absolute atomic E-state index is 13.8. The van der Waals surface area contributed by atoms with E-state index in [1.807, 2.05) is 25.1 Å². The molecule has 0 unspecified atom stereocenters. The van der Waals surface area contributed by atoms with E-state index in [2.05, 4.69) is 5.32 Å². The molecule has 1 N–H and O–H groups in total. The first-order chi connectivity index (χ1) is 12.8. The van der Waals surface area contributed by atoms with Crippen molar-refractivity contribution >= 4 is 29.1 Å². The first-order valence-corrected chi connectivity index (χ1v) is 9.30. The van der Waals surface area contributed by atoms with Crippen LogP contribution in [0.5, 0.6) is 0 Å². The Kier molecular flexibility index (Phi) is 5.51. The van der Waals surface area contributed by atoms with Crippen LogP contribution in [0.2, 0.25) is 5.02 Å². The summed E-state index contributed by atoms with van der Waals surface area (Å²) >= 11 is 6.21. The van der Waals surface area contributed by atoms with Gasteiger partial charge in [-0.15, -0.1) is 0 Å². The van der Waals surface area contributed by atoms with Gasteiger partial charge in [-0.2, -0.15) is 0 Å². The Labute approximate surface area is 163 Å². The molecule has 0 bridgehead atoms. The second-order valence-electron chi connectivity index (χ2n) is 6.91. The average molecular weight is 389 g/mol. The summed E-state index contributed by atoms with van der Waals surface area (Å²) in [5.74, 6) is -2.19. The number of anilines is 1. The van der Waals surface area contributed by atoms with E-state index in [4.69, 9.17) is 11.6 Å². The predicted molar refractivity (Wildman–Crippen MR) is 104 cm³/mol. The average Bonchev–Trinajstić information content (AvgIpc) is 2.94. The summed E-state index contributed by atoms with van der Waals surface area (Å²) in [5, 5.41) is 3.41. The number of carbonyl (C=O) groups excluding carboxylic acids is 2. The molecule has 2 aromatic rings. The second kappa shape index (κ2) is 7.69. The highest BCUT2D eigenvalue weighted by molar-refractivity contribution is 6.31. The van der Waals surface area contributed by atoms with Gasteiger partial charge < -0.3 is 10.2 Å². The van der Waals surface area contributed by atoms with Gasteiger partial charge in [0.1, 0.15) is 11.7 Å². The Morgan fingerprint density at radius 3 is 2.78 bits per heavy atom. The molecule has 1 aliphatic rings. The summed E-state index contributed by atoms with van der Waals surface area (Å²) in [4.78, 5) is 27.2. The first-order valence-electron chi connectivity index (χ1n) is 8.92. The van der Waals surface area contributed by atoms with Gasteiger partial charge in [0, 0.05) is 35.8 Å². The number of carbonyl (C=O) groups is 2. The fourth-order valence-electron chi connectivity index (χ4n) is 3.54. The molecule has 2 atom stereocenters. The number of rotatable bonds is 4. The number of nitrogens with one attached hydrogen (secondary N) is 1. The highest BCUT2D eigenvalue weighted by Crippen LogP contribution is 2.35. The maximum Gasteiger partial charge on any atom is 0.237 e. The SMILES string of the molecule is CCc1cc([C@@H]2CN(C)C(=O)[C@H]2C(=O)Nc2cccc(F)c2C)ccc1Cl. The monoisotopic (exact) mass is 388 g/mol. The number of halogens is 2. The number of aryl methyl sites for hydroxylation is 1. The largest absolute Gasteiger partial charge is 0.344 e. The second-order valence-corrected chi connectivity index (χ2v) is 7.32. The van der Waals surface area contributed by atoms with Gasteiger partial charge in [-0.3, -0.25) is 9.59 Å². The smallest absolute Gasteiger partial charge is 0.237 e. The van der Waals surface area contributed by atoms with Crippen LogP contribution < -0.4 is 5.32 Å². The van der Waals surface area contributed by atoms with Crippen LogP contribution in [0, 0.1) is 18.7 Å². The van der Waals surface area contributed by atoms with Gasteiger partial charge >= 0.3 is 0 Å². The standard InChI is InChI=1S/C21H22ClFN2O2/c1-4-13-10-14(8-9-16(13)22)15-11-25(3)21(27)19(15)20(26)24-18-7-5-6-17(23)12(18)2/h5-10,15,19H,4,11H2,1-3H3,(H,24,26)/t15-,19+/m0/s1. The summed E-state index contributed by atoms with van der Waals surface area (Å²) in [6.45, 7) is 4.05. The van der Waals surface area contributed by atoms with Crippen LogP contribution >= 0.6 is 11.6 Å². The van der Waals surface area contributed by atoms with Crippen molar-refractivity contribution in [3.05, 3.63) is 63.9 Å². The maximum atomic E-state index is 13.8. The molecule has 0 radical (unpaired) electrons. The van der Waals surface area contributed by atoms with Crippen LogP contribution in [-0.2, 0) is 16.0 Å². The van der Waals surface area contributed by atoms with Crippen molar-refractivity contribution in [2.75, 3.05) is 18.9 Å². The fourth-order valence-corrected chi connectivity index (χ4v) is 3.79. The van der Waals surface area contributed by atoms with Gasteiger partial charge in [-0.25, -0.2) is 4.39 Å². The lowest BCUT2D eigenvalue weighted by Crippen LogP contribution is -2.33. The lowest BCUT2D eigenvalue weighted by molar-refractivity contribution is -0.135. The highest BCUT2D eigenvalue weighted by atomic mass is 35.5. The third-order valence-corrected chi connectivity index (χ3v) is 5.57. The van der Waals surface area contributed by atoms with Crippen LogP contribution in [-0.4, -0.2) is 30.3 Å². The van der Waals surface area contributed by atoms with E-state index in [9.17, 15) is 14.0 Å².